The zero-order valence-corrected chi connectivity index (χ0v) is 17.0. The molecule has 0 atom stereocenters. The molecule has 0 radical (unpaired) electrons. The second-order valence-corrected chi connectivity index (χ2v) is 9.01. The van der Waals surface area contributed by atoms with E-state index in [-0.39, 0.29) is 21.9 Å². The van der Waals surface area contributed by atoms with Crippen LogP contribution in [0.2, 0.25) is 5.02 Å². The maximum absolute atomic E-state index is 13.1. The predicted molar refractivity (Wildman–Crippen MR) is 98.3 cm³/mol. The van der Waals surface area contributed by atoms with Crippen molar-refractivity contribution in [3.8, 4) is 5.69 Å². The van der Waals surface area contributed by atoms with Crippen LogP contribution in [0.3, 0.4) is 0 Å². The van der Waals surface area contributed by atoms with Gasteiger partial charge < -0.3 is 0 Å². The average molecular weight is 499 g/mol. The van der Waals surface area contributed by atoms with E-state index in [9.17, 15) is 21.6 Å². The van der Waals surface area contributed by atoms with Crippen LogP contribution in [0.1, 0.15) is 5.01 Å². The van der Waals surface area contributed by atoms with Crippen LogP contribution in [0.5, 0.6) is 0 Å². The van der Waals surface area contributed by atoms with Gasteiger partial charge in [-0.2, -0.15) is 21.6 Å². The van der Waals surface area contributed by atoms with Gasteiger partial charge in [0, 0.05) is 9.50 Å². The van der Waals surface area contributed by atoms with Gasteiger partial charge in [0.25, 0.3) is 10.0 Å². The third-order valence-corrected chi connectivity index (χ3v) is 6.31. The Hall–Kier alpha value is -1.69. The van der Waals surface area contributed by atoms with Crippen molar-refractivity contribution in [3.05, 3.63) is 67.8 Å². The molecular weight excluding hydrogens is 491 g/mol. The molecule has 12 heteroatoms. The number of sulfonamides is 1. The average Bonchev–Trinajstić information content (AvgIpc) is 2.99. The molecule has 27 heavy (non-hydrogen) atoms. The van der Waals surface area contributed by atoms with Gasteiger partial charge >= 0.3 is 6.18 Å². The Morgan fingerprint density at radius 2 is 1.67 bits per heavy atom. The summed E-state index contributed by atoms with van der Waals surface area (Å²) in [6, 6.07) is 11.3. The molecule has 0 unspecified atom stereocenters. The lowest BCUT2D eigenvalue weighted by Gasteiger charge is -2.02. The van der Waals surface area contributed by atoms with Crippen molar-refractivity contribution in [2.45, 2.75) is 11.1 Å². The topological polar surface area (TPSA) is 64.3 Å². The molecular formula is C15H8BrClF3N3O2S2. The van der Waals surface area contributed by atoms with Crippen LogP contribution in [0.25, 0.3) is 5.69 Å². The fourth-order valence-electron chi connectivity index (χ4n) is 1.97. The molecule has 1 aromatic heterocycles. The monoisotopic (exact) mass is 497 g/mol. The Kier molecular flexibility index (Phi) is 5.48. The lowest BCUT2D eigenvalue weighted by atomic mass is 10.3. The first-order valence-corrected chi connectivity index (χ1v) is 10.5. The van der Waals surface area contributed by atoms with Crippen LogP contribution in [0, 0.1) is 0 Å². The minimum atomic E-state index is -4.74. The highest BCUT2D eigenvalue weighted by molar-refractivity contribution is 9.10. The molecule has 5 nitrogen and oxygen atoms in total. The van der Waals surface area contributed by atoms with Gasteiger partial charge in [0.05, 0.1) is 10.6 Å². The predicted octanol–water partition coefficient (Wildman–Crippen LogP) is 4.66. The summed E-state index contributed by atoms with van der Waals surface area (Å²) < 4.78 is 69.3. The van der Waals surface area contributed by atoms with E-state index in [4.69, 9.17) is 11.6 Å². The minimum Gasteiger partial charge on any atom is -0.204 e. The van der Waals surface area contributed by atoms with E-state index < -0.39 is 26.0 Å². The van der Waals surface area contributed by atoms with Crippen LogP contribution >= 0.6 is 38.9 Å². The van der Waals surface area contributed by atoms with E-state index in [0.29, 0.717) is 9.50 Å². The van der Waals surface area contributed by atoms with Gasteiger partial charge in [-0.3, -0.25) is 0 Å². The van der Waals surface area contributed by atoms with Crippen molar-refractivity contribution in [3.63, 3.8) is 0 Å². The molecule has 0 aliphatic rings. The molecule has 1 heterocycles. The fourth-order valence-corrected chi connectivity index (χ4v) is 4.31. The van der Waals surface area contributed by atoms with Crippen molar-refractivity contribution in [1.82, 2.24) is 9.78 Å². The number of alkyl halides is 3. The van der Waals surface area contributed by atoms with Crippen LogP contribution < -0.4 is 4.80 Å². The van der Waals surface area contributed by atoms with Crippen LogP contribution in [-0.2, 0) is 16.2 Å². The summed E-state index contributed by atoms with van der Waals surface area (Å²) in [5, 5.41) is 2.62. The van der Waals surface area contributed by atoms with E-state index >= 15 is 0 Å². The van der Waals surface area contributed by atoms with E-state index in [1.54, 1.807) is 0 Å². The number of rotatable bonds is 3. The number of aromatic nitrogens is 2. The Bertz CT molecular complexity index is 1140. The summed E-state index contributed by atoms with van der Waals surface area (Å²) >= 11 is 9.09. The molecule has 0 N–H and O–H groups in total. The molecule has 0 aliphatic heterocycles. The smallest absolute Gasteiger partial charge is 0.204 e. The first-order valence-electron chi connectivity index (χ1n) is 7.06. The normalized spacial score (nSPS) is 13.1. The number of hydrogen-bond donors (Lipinski definition) is 0. The van der Waals surface area contributed by atoms with Gasteiger partial charge in [-0.15, -0.1) is 9.50 Å². The van der Waals surface area contributed by atoms with Gasteiger partial charge in [0.2, 0.25) is 9.81 Å². The molecule has 0 amide bonds. The first kappa shape index (κ1) is 20.1. The molecule has 0 spiro atoms. The maximum Gasteiger partial charge on any atom is 0.445 e. The SMILES string of the molecule is O=S(=O)(/N=c1\sc(C(F)(F)F)nn1-c1ccc(Cl)cc1)c1ccc(Br)cc1. The number of nitrogens with zero attached hydrogens (tertiary/aromatic N) is 3. The lowest BCUT2D eigenvalue weighted by molar-refractivity contribution is -0.138. The van der Waals surface area contributed by atoms with Gasteiger partial charge in [0.1, 0.15) is 0 Å². The Morgan fingerprint density at radius 1 is 1.07 bits per heavy atom. The summed E-state index contributed by atoms with van der Waals surface area (Å²) in [5.41, 5.74) is 0.191. The molecule has 142 valence electrons. The Labute approximate surface area is 168 Å². The van der Waals surface area contributed by atoms with E-state index in [2.05, 4.69) is 25.4 Å². The van der Waals surface area contributed by atoms with E-state index in [0.717, 1.165) is 4.68 Å². The van der Waals surface area contributed by atoms with Crippen molar-refractivity contribution < 1.29 is 21.6 Å². The molecule has 0 saturated carbocycles. The summed E-state index contributed by atoms with van der Waals surface area (Å²) in [4.78, 5) is -0.595. The highest BCUT2D eigenvalue weighted by atomic mass is 79.9. The zero-order valence-electron chi connectivity index (χ0n) is 13.0. The van der Waals surface area contributed by atoms with Gasteiger partial charge in [-0.1, -0.05) is 38.9 Å². The number of benzene rings is 2. The van der Waals surface area contributed by atoms with Crippen molar-refractivity contribution in [2.75, 3.05) is 0 Å². The highest BCUT2D eigenvalue weighted by Crippen LogP contribution is 2.30. The standard InChI is InChI=1S/C15H8BrClF3N3O2S2/c16-9-1-7-12(8-2-9)27(24,25)22-14-23(11-5-3-10(17)4-6-11)21-13(26-14)15(18,19)20/h1-8H/b22-14-. The molecule has 0 bridgehead atoms. The summed E-state index contributed by atoms with van der Waals surface area (Å²) in [5.74, 6) is 0. The number of hydrogen-bond acceptors (Lipinski definition) is 4. The molecule has 0 saturated heterocycles. The van der Waals surface area contributed by atoms with Crippen LogP contribution in [0.15, 0.2) is 62.3 Å². The Balaban J connectivity index is 2.21. The van der Waals surface area contributed by atoms with Gasteiger partial charge in [-0.05, 0) is 48.5 Å². The van der Waals surface area contributed by atoms with Crippen molar-refractivity contribution >= 4 is 48.9 Å². The van der Waals surface area contributed by atoms with E-state index in [1.807, 2.05) is 0 Å². The van der Waals surface area contributed by atoms with Gasteiger partial charge in [0.15, 0.2) is 0 Å². The van der Waals surface area contributed by atoms with E-state index in [1.165, 1.54) is 48.5 Å². The molecule has 0 aliphatic carbocycles. The zero-order chi connectivity index (χ0) is 19.8. The third-order valence-electron chi connectivity index (χ3n) is 3.18. The Morgan fingerprint density at radius 3 is 2.22 bits per heavy atom. The third kappa shape index (κ3) is 4.60. The largest absolute Gasteiger partial charge is 0.445 e. The second-order valence-electron chi connectivity index (χ2n) is 5.10. The van der Waals surface area contributed by atoms with Crippen LogP contribution in [-0.4, -0.2) is 18.2 Å². The molecule has 3 aromatic rings. The lowest BCUT2D eigenvalue weighted by Crippen LogP contribution is -2.17. The first-order chi connectivity index (χ1) is 12.6. The summed E-state index contributed by atoms with van der Waals surface area (Å²) in [6.45, 7) is 0. The summed E-state index contributed by atoms with van der Waals surface area (Å²) in [7, 11) is -4.24. The number of halogens is 5. The fraction of sp³-hybridized carbons (Fsp3) is 0.0667. The summed E-state index contributed by atoms with van der Waals surface area (Å²) in [6.07, 6.45) is -4.74. The maximum atomic E-state index is 13.1. The van der Waals surface area contributed by atoms with Gasteiger partial charge in [-0.25, -0.2) is 4.68 Å². The molecule has 3 rings (SSSR count). The van der Waals surface area contributed by atoms with Crippen molar-refractivity contribution in [2.24, 2.45) is 4.40 Å². The molecule has 0 fully saturated rings. The van der Waals surface area contributed by atoms with Crippen LogP contribution in [0.4, 0.5) is 13.2 Å². The second kappa shape index (κ2) is 7.38. The quantitative estimate of drug-likeness (QED) is 0.528. The van der Waals surface area contributed by atoms with Crippen molar-refractivity contribution in [1.29, 1.82) is 0 Å². The highest BCUT2D eigenvalue weighted by Gasteiger charge is 2.36. The minimum absolute atomic E-state index is 0.129. The molecule has 2 aromatic carbocycles.